The van der Waals surface area contributed by atoms with Crippen LogP contribution in [0.1, 0.15) is 168 Å². The number of aryl methyl sites for hydroxylation is 8. The molecule has 0 unspecified atom stereocenters. The molecule has 566 valence electrons. The summed E-state index contributed by atoms with van der Waals surface area (Å²) in [6.07, 6.45) is 5.44. The van der Waals surface area contributed by atoms with Gasteiger partial charge in [-0.1, -0.05) is 144 Å². The zero-order chi connectivity index (χ0) is 83.0. The Labute approximate surface area is 652 Å². The fraction of sp³-hybridized carbons (Fsp3) is 0.200. The highest BCUT2D eigenvalue weighted by molar-refractivity contribution is 7.90. The Morgan fingerprint density at radius 2 is 0.708 bits per heavy atom. The summed E-state index contributed by atoms with van der Waals surface area (Å²) in [5, 5.41) is 154. The number of rotatable bonds is 10. The lowest BCUT2D eigenvalue weighted by molar-refractivity contribution is 0.464. The smallest absolute Gasteiger partial charge is 0.389 e. The fourth-order valence-corrected chi connectivity index (χ4v) is 12.9. The lowest BCUT2D eigenvalue weighted by atomic mass is 9.89. The van der Waals surface area contributed by atoms with Gasteiger partial charge >= 0.3 is 72.8 Å². The van der Waals surface area contributed by atoms with Crippen molar-refractivity contribution in [1.29, 1.82) is 0 Å². The molecule has 4 N–H and O–H groups in total. The van der Waals surface area contributed by atoms with Crippen molar-refractivity contribution in [2.75, 3.05) is 6.26 Å². The van der Waals surface area contributed by atoms with E-state index in [9.17, 15) is 50.1 Å². The molecular formula is C85H74N12O15S+4. The second-order valence-corrected chi connectivity index (χ2v) is 26.0. The normalized spacial score (nSPS) is 9.23. The third-order valence-electron chi connectivity index (χ3n) is 17.1. The SMILES string of the molecule is CCc1cc(CC)c(C#[N+]O)c(CC)c1C#[N+][O-].CCc1cc(CC)c(C#[N+]O)cc1C#[N+][O-].Cc1cc(C#[N+][O-])c(S(C)(=O)=O)c(C#[N+]O)c1.Cc1cc(C)c(Oc2c(C)ccc(C#[N+][O-])c2C)cc1C#[N+]O.[O-][N+]#Cc1c2ccccc2c(C#[N+][O-])c2ccccc12.[O-][N+]#Cc1ccccc1Cc1ccccc1C#[N+][O-]. The molecular weight excluding hydrogens is 1460 g/mol. The maximum atomic E-state index is 11.6. The number of benzene rings is 10. The molecule has 0 fully saturated rings. The van der Waals surface area contributed by atoms with Crippen molar-refractivity contribution in [3.63, 3.8) is 0 Å². The van der Waals surface area contributed by atoms with Crippen LogP contribution in [-0.2, 0) is 48.4 Å². The first kappa shape index (κ1) is 87.6. The Bertz CT molecular complexity index is 5860. The molecule has 113 heavy (non-hydrogen) atoms. The van der Waals surface area contributed by atoms with E-state index in [1.54, 1.807) is 37.3 Å². The summed E-state index contributed by atoms with van der Waals surface area (Å²) in [6, 6.07) is 74.3. The summed E-state index contributed by atoms with van der Waals surface area (Å²) in [5.74, 6) is 1.28. The van der Waals surface area contributed by atoms with Gasteiger partial charge in [-0.05, 0) is 164 Å². The quantitative estimate of drug-likeness (QED) is 0.0730. The van der Waals surface area contributed by atoms with Crippen LogP contribution in [0.3, 0.4) is 0 Å². The summed E-state index contributed by atoms with van der Waals surface area (Å²) < 4.78 is 29.2. The van der Waals surface area contributed by atoms with Crippen LogP contribution in [0.4, 0.5) is 0 Å². The molecule has 0 saturated heterocycles. The third kappa shape index (κ3) is 23.7. The predicted octanol–water partition coefficient (Wildman–Crippen LogP) is 21.3. The van der Waals surface area contributed by atoms with Gasteiger partial charge in [0.05, 0.1) is 0 Å². The van der Waals surface area contributed by atoms with Crippen molar-refractivity contribution < 1.29 is 34.0 Å². The Kier molecular flexibility index (Phi) is 34.7. The van der Waals surface area contributed by atoms with Crippen molar-refractivity contribution in [1.82, 2.24) is 0 Å². The van der Waals surface area contributed by atoms with Crippen LogP contribution in [0.25, 0.3) is 81.6 Å². The van der Waals surface area contributed by atoms with E-state index in [4.69, 9.17) is 25.6 Å². The van der Waals surface area contributed by atoms with Gasteiger partial charge in [-0.25, -0.2) is 8.42 Å². The standard InChI is InChI=1S/C18H16N2O3.C16H8N2O2.C15H10N2O2.C14H16N2O2.C12H12N2O2.C10H8N2O4S/c1-11-5-6-15(9-19-21)14(4)18(11)23-17-8-16(10-20-22)12(2)7-13(17)3;19-17-9-15-11-5-1-2-6-12(11)16(10-18-20)14-8-4-3-7-13(14)15;18-16-10-14-7-3-1-5-12(14)9-13-6-2-4-8-15(13)11-17-19;1-4-10-7-11(5-2)14(9-16-18)12(6-3)13(10)8-15-17;1-3-9-5-10(4-2)12(8-14-16)6-11(9)7-13-15;1-7-3-8(5-11-13)10(17(2,15)16)9(4-7)6-12-14/h5-8H,1-4H3;1-8H;1-8H,9H2;7H,4-6H2,1-3H3;5-6H,3-4H2,1-2H3;3-4H,1-2H3/p+4. The number of hydrogen-bond donors (Lipinski definition) is 4. The van der Waals surface area contributed by atoms with E-state index in [1.807, 2.05) is 178 Å². The van der Waals surface area contributed by atoms with Crippen LogP contribution in [-0.4, -0.2) is 35.5 Å². The maximum Gasteiger partial charge on any atom is 0.389 e. The molecule has 0 saturated carbocycles. The second-order valence-electron chi connectivity index (χ2n) is 24.0. The van der Waals surface area contributed by atoms with Crippen LogP contribution in [0.15, 0.2) is 157 Å². The minimum atomic E-state index is -3.62. The van der Waals surface area contributed by atoms with E-state index < -0.39 is 9.84 Å². The molecule has 10 aromatic carbocycles. The van der Waals surface area contributed by atoms with Gasteiger partial charge in [0.15, 0.2) is 9.84 Å². The molecule has 0 amide bonds. The molecule has 0 radical (unpaired) electrons. The summed E-state index contributed by atoms with van der Waals surface area (Å²) in [5.41, 5.74) is 17.6. The van der Waals surface area contributed by atoms with E-state index in [2.05, 4.69) is 127 Å². The van der Waals surface area contributed by atoms with E-state index >= 15 is 0 Å². The first-order valence-corrected chi connectivity index (χ1v) is 36.2. The van der Waals surface area contributed by atoms with Gasteiger partial charge in [-0.3, -0.25) is 0 Å². The number of ether oxygens (including phenoxy) is 1. The van der Waals surface area contributed by atoms with E-state index in [0.717, 1.165) is 120 Å². The Balaban J connectivity index is 0.000000243. The largest absolute Gasteiger partial charge is 0.498 e. The minimum absolute atomic E-state index is 0.0219. The summed E-state index contributed by atoms with van der Waals surface area (Å²) in [4.78, 5) is -0.194. The fourth-order valence-electron chi connectivity index (χ4n) is 11.9. The van der Waals surface area contributed by atoms with Crippen LogP contribution in [0, 0.1) is 149 Å². The van der Waals surface area contributed by atoms with Gasteiger partial charge < -0.3 is 46.4 Å². The first-order chi connectivity index (χ1) is 54.6. The summed E-state index contributed by atoms with van der Waals surface area (Å²) in [7, 11) is -3.62. The average molecular weight is 1540 g/mol. The third-order valence-corrected chi connectivity index (χ3v) is 18.2. The van der Waals surface area contributed by atoms with Crippen molar-refractivity contribution in [3.05, 3.63) is 387 Å². The molecule has 0 spiro atoms. The van der Waals surface area contributed by atoms with Crippen LogP contribution < -0.4 is 4.74 Å². The van der Waals surface area contributed by atoms with Crippen molar-refractivity contribution in [3.8, 4) is 84.3 Å². The molecule has 27 nitrogen and oxygen atoms in total. The van der Waals surface area contributed by atoms with E-state index in [0.29, 0.717) is 80.0 Å². The van der Waals surface area contributed by atoms with Crippen molar-refractivity contribution in [2.45, 2.75) is 113 Å². The molecule has 0 aliphatic rings. The maximum absolute atomic E-state index is 11.6. The first-order valence-electron chi connectivity index (χ1n) is 34.3. The van der Waals surface area contributed by atoms with Gasteiger partial charge in [0, 0.05) is 85.9 Å². The van der Waals surface area contributed by atoms with Gasteiger partial charge in [-0.15, -0.1) is 0 Å². The van der Waals surface area contributed by atoms with Gasteiger partial charge in [-0.2, -0.15) is 20.8 Å². The lowest BCUT2D eigenvalue weighted by Gasteiger charge is -2.14. The monoisotopic (exact) mass is 1530 g/mol. The molecule has 0 aliphatic heterocycles. The lowest BCUT2D eigenvalue weighted by Crippen LogP contribution is -2.04. The van der Waals surface area contributed by atoms with Gasteiger partial charge in [0.1, 0.15) is 83.2 Å². The molecule has 10 rings (SSSR count). The average Bonchev–Trinajstić information content (AvgIpc) is 0.739. The Hall–Kier alpha value is -16.1. The van der Waals surface area contributed by atoms with Crippen LogP contribution >= 0.6 is 0 Å². The Morgan fingerprint density at radius 3 is 1.14 bits per heavy atom. The van der Waals surface area contributed by atoms with Gasteiger partial charge in [0.25, 0.3) is 0 Å². The molecule has 0 atom stereocenters. The minimum Gasteiger partial charge on any atom is -0.498 e. The zero-order valence-electron chi connectivity index (χ0n) is 63.2. The number of sulfone groups is 1. The van der Waals surface area contributed by atoms with Crippen molar-refractivity contribution >= 4 is 31.4 Å². The van der Waals surface area contributed by atoms with Crippen LogP contribution in [0.5, 0.6) is 11.5 Å². The molecule has 0 aliphatic carbocycles. The number of hydrogen-bond acceptors (Lipinski definition) is 15. The predicted molar refractivity (Wildman–Crippen MR) is 443 cm³/mol. The topological polar surface area (TPSA) is 361 Å². The van der Waals surface area contributed by atoms with E-state index in [1.165, 1.54) is 12.1 Å². The highest BCUT2D eigenvalue weighted by Gasteiger charge is 2.25. The number of fused-ring (bicyclic) bond motifs is 2. The van der Waals surface area contributed by atoms with Crippen LogP contribution in [0.2, 0.25) is 0 Å². The Morgan fingerprint density at radius 1 is 0.336 bits per heavy atom. The van der Waals surface area contributed by atoms with Gasteiger partial charge in [0.2, 0.25) is 20.0 Å². The van der Waals surface area contributed by atoms with Crippen molar-refractivity contribution in [2.24, 2.45) is 0 Å². The zero-order valence-corrected chi connectivity index (χ0v) is 64.0. The molecule has 10 aromatic rings. The highest BCUT2D eigenvalue weighted by Crippen LogP contribution is 2.36. The summed E-state index contributed by atoms with van der Waals surface area (Å²) in [6.45, 7) is 19.3. The second kappa shape index (κ2) is 44.8. The molecule has 0 heterocycles. The molecule has 0 aromatic heterocycles. The molecule has 0 bridgehead atoms. The summed E-state index contributed by atoms with van der Waals surface area (Å²) >= 11 is 0. The van der Waals surface area contributed by atoms with E-state index in [-0.39, 0.29) is 16.0 Å². The number of nitrogens with zero attached hydrogens (tertiary/aromatic N) is 12. The highest BCUT2D eigenvalue weighted by atomic mass is 32.2. The molecule has 28 heteroatoms.